The highest BCUT2D eigenvalue weighted by Gasteiger charge is 2.18. The summed E-state index contributed by atoms with van der Waals surface area (Å²) in [6, 6.07) is 16.6. The quantitative estimate of drug-likeness (QED) is 0.658. The van der Waals surface area contributed by atoms with Crippen LogP contribution < -0.4 is 9.47 Å². The van der Waals surface area contributed by atoms with Gasteiger partial charge in [-0.15, -0.1) is 0 Å². The van der Waals surface area contributed by atoms with Crippen LogP contribution in [0.2, 0.25) is 0 Å². The minimum atomic E-state index is -1.00. The van der Waals surface area contributed by atoms with Crippen molar-refractivity contribution in [2.45, 2.75) is 9.92 Å². The average Bonchev–Trinajstić information content (AvgIpc) is 2.68. The largest absolute Gasteiger partial charge is 0.481 e. The lowest BCUT2D eigenvalue weighted by atomic mass is 10.00. The van der Waals surface area contributed by atoms with Gasteiger partial charge in [-0.05, 0) is 17.2 Å². The Morgan fingerprint density at radius 2 is 1.77 bits per heavy atom. The molecule has 0 bridgehead atoms. The zero-order chi connectivity index (χ0) is 18.5. The molecule has 3 rings (SSSR count). The Labute approximate surface area is 154 Å². The summed E-state index contributed by atoms with van der Waals surface area (Å²) in [6.45, 7) is 0. The van der Waals surface area contributed by atoms with Gasteiger partial charge >= 0.3 is 12.0 Å². The zero-order valence-corrected chi connectivity index (χ0v) is 15.0. The molecule has 0 atom stereocenters. The molecule has 0 aliphatic carbocycles. The molecule has 0 radical (unpaired) electrons. The molecule has 0 spiro atoms. The molecule has 26 heavy (non-hydrogen) atoms. The number of methoxy groups -OCH3 is 2. The highest BCUT2D eigenvalue weighted by atomic mass is 32.2. The molecule has 0 fully saturated rings. The first-order valence-electron chi connectivity index (χ1n) is 7.69. The predicted molar refractivity (Wildman–Crippen MR) is 98.1 cm³/mol. The van der Waals surface area contributed by atoms with Crippen LogP contribution >= 0.6 is 11.8 Å². The minimum Gasteiger partial charge on any atom is -0.481 e. The van der Waals surface area contributed by atoms with E-state index < -0.39 is 5.97 Å². The van der Waals surface area contributed by atoms with Crippen LogP contribution in [0.25, 0.3) is 11.1 Å². The number of hydrogen-bond acceptors (Lipinski definition) is 6. The third-order valence-corrected chi connectivity index (χ3v) is 4.57. The van der Waals surface area contributed by atoms with Gasteiger partial charge in [0.25, 0.3) is 0 Å². The molecular weight excluding hydrogens is 352 g/mol. The van der Waals surface area contributed by atoms with Crippen molar-refractivity contribution in [2.75, 3.05) is 14.2 Å². The first-order chi connectivity index (χ1) is 12.6. The van der Waals surface area contributed by atoms with Gasteiger partial charge in [0, 0.05) is 11.0 Å². The summed E-state index contributed by atoms with van der Waals surface area (Å²) in [7, 11) is 2.96. The Morgan fingerprint density at radius 3 is 2.42 bits per heavy atom. The number of benzene rings is 2. The van der Waals surface area contributed by atoms with Crippen molar-refractivity contribution < 1.29 is 19.4 Å². The van der Waals surface area contributed by atoms with Crippen molar-refractivity contribution >= 4 is 17.7 Å². The minimum absolute atomic E-state index is 0.155. The van der Waals surface area contributed by atoms with Gasteiger partial charge in [0.15, 0.2) is 0 Å². The number of carboxylic acids is 1. The molecule has 132 valence electrons. The summed E-state index contributed by atoms with van der Waals surface area (Å²) < 4.78 is 10.2. The molecule has 3 aromatic rings. The van der Waals surface area contributed by atoms with E-state index in [1.165, 1.54) is 26.0 Å². The molecule has 7 heteroatoms. The van der Waals surface area contributed by atoms with E-state index in [9.17, 15) is 9.90 Å². The van der Waals surface area contributed by atoms with Crippen molar-refractivity contribution in [3.8, 4) is 23.0 Å². The number of aromatic carboxylic acids is 1. The molecule has 1 aromatic heterocycles. The van der Waals surface area contributed by atoms with Crippen molar-refractivity contribution in [2.24, 2.45) is 0 Å². The highest BCUT2D eigenvalue weighted by Crippen LogP contribution is 2.36. The second kappa shape index (κ2) is 7.88. The Kier molecular flexibility index (Phi) is 5.38. The molecule has 1 heterocycles. The summed E-state index contributed by atoms with van der Waals surface area (Å²) >= 11 is 1.22. The van der Waals surface area contributed by atoms with Gasteiger partial charge < -0.3 is 14.6 Å². The molecule has 0 unspecified atom stereocenters. The smallest absolute Gasteiger partial charge is 0.337 e. The molecule has 0 saturated carbocycles. The number of carbonyl (C=O) groups is 1. The van der Waals surface area contributed by atoms with Crippen LogP contribution in [0.5, 0.6) is 11.9 Å². The van der Waals surface area contributed by atoms with Gasteiger partial charge in [-0.2, -0.15) is 9.97 Å². The van der Waals surface area contributed by atoms with Gasteiger partial charge in [0.05, 0.1) is 19.8 Å². The lowest BCUT2D eigenvalue weighted by Crippen LogP contribution is -2.03. The Bertz CT molecular complexity index is 910. The van der Waals surface area contributed by atoms with Crippen LogP contribution in [0.1, 0.15) is 10.4 Å². The van der Waals surface area contributed by atoms with Crippen LogP contribution in [-0.4, -0.2) is 35.3 Å². The molecule has 0 amide bonds. The Morgan fingerprint density at radius 1 is 1.00 bits per heavy atom. The fourth-order valence-corrected chi connectivity index (χ4v) is 3.39. The van der Waals surface area contributed by atoms with Crippen molar-refractivity contribution in [3.05, 3.63) is 60.2 Å². The third kappa shape index (κ3) is 3.78. The number of ether oxygens (including phenoxy) is 2. The predicted octanol–water partition coefficient (Wildman–Crippen LogP) is 4.01. The van der Waals surface area contributed by atoms with Gasteiger partial charge in [0.1, 0.15) is 5.03 Å². The van der Waals surface area contributed by atoms with E-state index in [-0.39, 0.29) is 11.6 Å². The number of hydrogen-bond donors (Lipinski definition) is 1. The van der Waals surface area contributed by atoms with E-state index in [1.54, 1.807) is 18.2 Å². The molecule has 2 aromatic carbocycles. The number of aromatic nitrogens is 2. The maximum absolute atomic E-state index is 12.0. The van der Waals surface area contributed by atoms with Crippen molar-refractivity contribution in [3.63, 3.8) is 0 Å². The Hall–Kier alpha value is -3.06. The van der Waals surface area contributed by atoms with E-state index in [1.807, 2.05) is 36.4 Å². The molecule has 1 N–H and O–H groups in total. The lowest BCUT2D eigenvalue weighted by Gasteiger charge is -2.12. The summed E-state index contributed by atoms with van der Waals surface area (Å²) in [4.78, 5) is 20.8. The molecule has 0 saturated heterocycles. The molecular formula is C19H16N2O4S. The van der Waals surface area contributed by atoms with Gasteiger partial charge in [-0.1, -0.05) is 54.2 Å². The summed E-state index contributed by atoms with van der Waals surface area (Å²) in [5.74, 6) is -0.657. The van der Waals surface area contributed by atoms with E-state index in [0.717, 1.165) is 5.56 Å². The van der Waals surface area contributed by atoms with Gasteiger partial charge in [-0.3, -0.25) is 0 Å². The molecule has 0 aliphatic heterocycles. The average molecular weight is 368 g/mol. The van der Waals surface area contributed by atoms with Crippen LogP contribution in [0, 0.1) is 0 Å². The maximum Gasteiger partial charge on any atom is 0.337 e. The van der Waals surface area contributed by atoms with Crippen LogP contribution in [0.3, 0.4) is 0 Å². The topological polar surface area (TPSA) is 81.5 Å². The first-order valence-corrected chi connectivity index (χ1v) is 8.50. The summed E-state index contributed by atoms with van der Waals surface area (Å²) in [6.07, 6.45) is 0. The molecule has 6 nitrogen and oxygen atoms in total. The maximum atomic E-state index is 12.0. The van der Waals surface area contributed by atoms with Crippen LogP contribution in [-0.2, 0) is 0 Å². The normalized spacial score (nSPS) is 10.4. The van der Waals surface area contributed by atoms with E-state index in [4.69, 9.17) is 9.47 Å². The monoisotopic (exact) mass is 368 g/mol. The number of nitrogens with zero attached hydrogens (tertiary/aromatic N) is 2. The van der Waals surface area contributed by atoms with E-state index >= 15 is 0 Å². The first kappa shape index (κ1) is 17.8. The lowest BCUT2D eigenvalue weighted by molar-refractivity contribution is 0.0694. The third-order valence-electron chi connectivity index (χ3n) is 3.59. The SMILES string of the molecule is COc1cc(Sc2cccc(-c3ccccc3)c2C(=O)O)nc(OC)n1. The molecule has 0 aliphatic rings. The zero-order valence-electron chi connectivity index (χ0n) is 14.2. The summed E-state index contributed by atoms with van der Waals surface area (Å²) in [5.41, 5.74) is 1.71. The number of rotatable bonds is 6. The fourth-order valence-electron chi connectivity index (χ4n) is 2.44. The van der Waals surface area contributed by atoms with Gasteiger partial charge in [0.2, 0.25) is 5.88 Å². The van der Waals surface area contributed by atoms with E-state index in [2.05, 4.69) is 9.97 Å². The standard InChI is InChI=1S/C19H16N2O4S/c1-24-15-11-16(21-19(20-15)25-2)26-14-10-6-9-13(17(14)18(22)23)12-7-4-3-5-8-12/h3-11H,1-2H3,(H,22,23). The Balaban J connectivity index is 2.07. The fraction of sp³-hybridized carbons (Fsp3) is 0.105. The van der Waals surface area contributed by atoms with Crippen molar-refractivity contribution in [1.29, 1.82) is 0 Å². The second-order valence-electron chi connectivity index (χ2n) is 5.19. The second-order valence-corrected chi connectivity index (χ2v) is 6.25. The van der Waals surface area contributed by atoms with Gasteiger partial charge in [-0.25, -0.2) is 4.79 Å². The van der Waals surface area contributed by atoms with Crippen molar-refractivity contribution in [1.82, 2.24) is 9.97 Å². The van der Waals surface area contributed by atoms with Crippen LogP contribution in [0.15, 0.2) is 64.5 Å². The van der Waals surface area contributed by atoms with E-state index in [0.29, 0.717) is 21.4 Å². The van der Waals surface area contributed by atoms with Crippen LogP contribution in [0.4, 0.5) is 0 Å². The highest BCUT2D eigenvalue weighted by molar-refractivity contribution is 7.99. The number of carboxylic acid groups (broad SMARTS) is 1. The summed E-state index contributed by atoms with van der Waals surface area (Å²) in [5, 5.41) is 10.3.